The summed E-state index contributed by atoms with van der Waals surface area (Å²) in [5.74, 6) is 1.48. The molecule has 2 N–H and O–H groups in total. The molecular formula is C14H30N2O2S. The monoisotopic (exact) mass is 290 g/mol. The van der Waals surface area contributed by atoms with E-state index in [1.165, 1.54) is 6.42 Å². The fourth-order valence-electron chi connectivity index (χ4n) is 3.01. The quantitative estimate of drug-likeness (QED) is 0.706. The first-order valence-electron chi connectivity index (χ1n) is 7.52. The van der Waals surface area contributed by atoms with E-state index in [0.717, 1.165) is 19.4 Å². The van der Waals surface area contributed by atoms with Crippen LogP contribution >= 0.6 is 0 Å². The molecule has 1 rings (SSSR count). The molecule has 0 amide bonds. The summed E-state index contributed by atoms with van der Waals surface area (Å²) in [6.07, 6.45) is 3.85. The maximum Gasteiger partial charge on any atom is 0.211 e. The highest BCUT2D eigenvalue weighted by Gasteiger charge is 2.26. The van der Waals surface area contributed by atoms with Gasteiger partial charge in [-0.3, -0.25) is 0 Å². The average Bonchev–Trinajstić information content (AvgIpc) is 2.22. The minimum Gasteiger partial charge on any atom is -0.314 e. The molecule has 0 heterocycles. The molecule has 0 aromatic rings. The summed E-state index contributed by atoms with van der Waals surface area (Å²) in [5, 5.41) is 3.24. The Morgan fingerprint density at radius 2 is 1.68 bits per heavy atom. The van der Waals surface area contributed by atoms with Gasteiger partial charge in [-0.15, -0.1) is 0 Å². The maximum atomic E-state index is 12.0. The smallest absolute Gasteiger partial charge is 0.211 e. The first kappa shape index (κ1) is 16.9. The van der Waals surface area contributed by atoms with Crippen molar-refractivity contribution >= 4 is 10.0 Å². The van der Waals surface area contributed by atoms with Crippen LogP contribution in [0.3, 0.4) is 0 Å². The molecule has 19 heavy (non-hydrogen) atoms. The second-order valence-electron chi connectivity index (χ2n) is 6.51. The normalized spacial score (nSPS) is 28.8. The summed E-state index contributed by atoms with van der Waals surface area (Å²) >= 11 is 0. The van der Waals surface area contributed by atoms with Crippen molar-refractivity contribution in [2.75, 3.05) is 12.3 Å². The zero-order valence-corrected chi connectivity index (χ0v) is 13.6. The minimum atomic E-state index is -3.12. The van der Waals surface area contributed by atoms with Crippen LogP contribution < -0.4 is 10.0 Å². The Bertz CT molecular complexity index is 344. The predicted molar refractivity (Wildman–Crippen MR) is 80.6 cm³/mol. The van der Waals surface area contributed by atoms with Crippen LogP contribution in [0, 0.1) is 11.8 Å². The lowest BCUT2D eigenvalue weighted by Crippen LogP contribution is -2.41. The second-order valence-corrected chi connectivity index (χ2v) is 8.39. The van der Waals surface area contributed by atoms with Crippen LogP contribution in [0.15, 0.2) is 0 Å². The number of hydrogen-bond donors (Lipinski definition) is 2. The highest BCUT2D eigenvalue weighted by molar-refractivity contribution is 7.89. The van der Waals surface area contributed by atoms with Crippen molar-refractivity contribution in [1.29, 1.82) is 0 Å². The van der Waals surface area contributed by atoms with Gasteiger partial charge in [0.15, 0.2) is 0 Å². The molecule has 0 bridgehead atoms. The van der Waals surface area contributed by atoms with Crippen molar-refractivity contribution < 1.29 is 8.42 Å². The summed E-state index contributed by atoms with van der Waals surface area (Å²) < 4.78 is 26.9. The molecule has 0 saturated heterocycles. The van der Waals surface area contributed by atoms with Crippen LogP contribution in [0.1, 0.15) is 53.4 Å². The topological polar surface area (TPSA) is 58.2 Å². The third kappa shape index (κ3) is 7.28. The summed E-state index contributed by atoms with van der Waals surface area (Å²) in [6.45, 7) is 9.32. The Hall–Kier alpha value is -0.130. The molecule has 2 unspecified atom stereocenters. The Labute approximate surface area is 118 Å². The first-order chi connectivity index (χ1) is 8.78. The van der Waals surface area contributed by atoms with Crippen molar-refractivity contribution in [3.63, 3.8) is 0 Å². The molecule has 1 saturated carbocycles. The van der Waals surface area contributed by atoms with E-state index in [4.69, 9.17) is 0 Å². The van der Waals surface area contributed by atoms with Crippen molar-refractivity contribution in [3.05, 3.63) is 0 Å². The number of sulfonamides is 1. The van der Waals surface area contributed by atoms with Crippen molar-refractivity contribution in [1.82, 2.24) is 10.0 Å². The standard InChI is InChI=1S/C14H30N2O2S/c1-11(2)15-6-5-7-19(17,18)16-14-9-12(3)8-13(4)10-14/h11-16H,5-10H2,1-4H3. The van der Waals surface area contributed by atoms with Crippen LogP contribution in [-0.4, -0.2) is 32.8 Å². The molecular weight excluding hydrogens is 260 g/mol. The number of rotatable bonds is 7. The Morgan fingerprint density at radius 1 is 1.11 bits per heavy atom. The van der Waals surface area contributed by atoms with Gasteiger partial charge in [-0.05, 0) is 44.1 Å². The fourth-order valence-corrected chi connectivity index (χ4v) is 4.35. The van der Waals surface area contributed by atoms with Gasteiger partial charge in [0.1, 0.15) is 0 Å². The lowest BCUT2D eigenvalue weighted by molar-refractivity contribution is 0.257. The Balaban J connectivity index is 2.33. The molecule has 0 aromatic heterocycles. The first-order valence-corrected chi connectivity index (χ1v) is 9.17. The SMILES string of the molecule is CC1CC(C)CC(NS(=O)(=O)CCCNC(C)C)C1. The van der Waals surface area contributed by atoms with Gasteiger partial charge >= 0.3 is 0 Å². The molecule has 0 aliphatic heterocycles. The molecule has 1 aliphatic carbocycles. The molecule has 0 aromatic carbocycles. The van der Waals surface area contributed by atoms with Gasteiger partial charge < -0.3 is 5.32 Å². The third-order valence-corrected chi connectivity index (χ3v) is 5.19. The van der Waals surface area contributed by atoms with Crippen molar-refractivity contribution in [3.8, 4) is 0 Å². The number of hydrogen-bond acceptors (Lipinski definition) is 3. The fraction of sp³-hybridized carbons (Fsp3) is 1.00. The van der Waals surface area contributed by atoms with Gasteiger partial charge in [-0.1, -0.05) is 27.7 Å². The van der Waals surface area contributed by atoms with E-state index in [2.05, 4.69) is 37.7 Å². The minimum absolute atomic E-state index is 0.141. The average molecular weight is 290 g/mol. The van der Waals surface area contributed by atoms with Crippen molar-refractivity contribution in [2.24, 2.45) is 11.8 Å². The van der Waals surface area contributed by atoms with Crippen LogP contribution in [0.5, 0.6) is 0 Å². The Morgan fingerprint density at radius 3 is 2.21 bits per heavy atom. The molecule has 0 radical (unpaired) electrons. The van der Waals surface area contributed by atoms with E-state index >= 15 is 0 Å². The lowest BCUT2D eigenvalue weighted by Gasteiger charge is -2.31. The van der Waals surface area contributed by atoms with E-state index in [-0.39, 0.29) is 11.8 Å². The van der Waals surface area contributed by atoms with E-state index < -0.39 is 10.0 Å². The zero-order valence-electron chi connectivity index (χ0n) is 12.8. The molecule has 2 atom stereocenters. The van der Waals surface area contributed by atoms with Crippen LogP contribution in [0.2, 0.25) is 0 Å². The molecule has 4 nitrogen and oxygen atoms in total. The summed E-state index contributed by atoms with van der Waals surface area (Å²) in [7, 11) is -3.12. The van der Waals surface area contributed by atoms with Crippen molar-refractivity contribution in [2.45, 2.75) is 65.5 Å². The predicted octanol–water partition coefficient (Wildman–Crippen LogP) is 2.12. The molecule has 0 spiro atoms. The van der Waals surface area contributed by atoms with Gasteiger partial charge in [0.25, 0.3) is 0 Å². The van der Waals surface area contributed by atoms with Crippen LogP contribution in [0.25, 0.3) is 0 Å². The molecule has 114 valence electrons. The summed E-state index contributed by atoms with van der Waals surface area (Å²) in [6, 6.07) is 0.553. The van der Waals surface area contributed by atoms with Crippen LogP contribution in [-0.2, 0) is 10.0 Å². The summed E-state index contributed by atoms with van der Waals surface area (Å²) in [5.41, 5.74) is 0. The van der Waals surface area contributed by atoms with Gasteiger partial charge in [0.2, 0.25) is 10.0 Å². The zero-order chi connectivity index (χ0) is 14.5. The molecule has 1 fully saturated rings. The Kier molecular flexibility index (Phi) is 6.77. The van der Waals surface area contributed by atoms with E-state index in [1.807, 2.05) is 0 Å². The van der Waals surface area contributed by atoms with Gasteiger partial charge in [0.05, 0.1) is 5.75 Å². The largest absolute Gasteiger partial charge is 0.314 e. The summed E-state index contributed by atoms with van der Waals surface area (Å²) in [4.78, 5) is 0. The van der Waals surface area contributed by atoms with E-state index in [9.17, 15) is 8.42 Å². The molecule has 5 heteroatoms. The van der Waals surface area contributed by atoms with Gasteiger partial charge in [-0.2, -0.15) is 0 Å². The van der Waals surface area contributed by atoms with Gasteiger partial charge in [0, 0.05) is 12.1 Å². The van der Waals surface area contributed by atoms with E-state index in [0.29, 0.717) is 24.3 Å². The maximum absolute atomic E-state index is 12.0. The van der Waals surface area contributed by atoms with E-state index in [1.54, 1.807) is 0 Å². The number of nitrogens with one attached hydrogen (secondary N) is 2. The third-order valence-electron chi connectivity index (χ3n) is 3.67. The highest BCUT2D eigenvalue weighted by Crippen LogP contribution is 2.28. The lowest BCUT2D eigenvalue weighted by atomic mass is 9.81. The van der Waals surface area contributed by atoms with Gasteiger partial charge in [-0.25, -0.2) is 13.1 Å². The second kappa shape index (κ2) is 7.60. The highest BCUT2D eigenvalue weighted by atomic mass is 32.2. The molecule has 1 aliphatic rings. The van der Waals surface area contributed by atoms with Crippen LogP contribution in [0.4, 0.5) is 0 Å².